The Labute approximate surface area is 164 Å². The summed E-state index contributed by atoms with van der Waals surface area (Å²) in [6.07, 6.45) is -0.167. The third kappa shape index (κ3) is 4.71. The van der Waals surface area contributed by atoms with Gasteiger partial charge in [0, 0.05) is 6.54 Å². The van der Waals surface area contributed by atoms with Gasteiger partial charge in [0.2, 0.25) is 0 Å². The van der Waals surface area contributed by atoms with E-state index in [-0.39, 0.29) is 5.91 Å². The lowest BCUT2D eigenvalue weighted by Gasteiger charge is -2.14. The maximum absolute atomic E-state index is 12.4. The Kier molecular flexibility index (Phi) is 5.99. The molecule has 28 heavy (non-hydrogen) atoms. The van der Waals surface area contributed by atoms with Crippen LogP contribution < -0.4 is 5.32 Å². The molecule has 1 aromatic heterocycles. The van der Waals surface area contributed by atoms with E-state index in [0.717, 1.165) is 23.4 Å². The van der Waals surface area contributed by atoms with Gasteiger partial charge < -0.3 is 10.1 Å². The number of nitrogens with zero attached hydrogens (tertiary/aromatic N) is 2. The molecule has 0 bridgehead atoms. The van der Waals surface area contributed by atoms with E-state index in [1.165, 1.54) is 0 Å². The summed E-state index contributed by atoms with van der Waals surface area (Å²) in [6, 6.07) is 14.9. The number of ether oxygens (including phenoxy) is 1. The molecule has 6 nitrogen and oxygen atoms in total. The predicted octanol–water partition coefficient (Wildman–Crippen LogP) is 3.15. The number of benzene rings is 2. The smallest absolute Gasteiger partial charge is 0.338 e. The van der Waals surface area contributed by atoms with E-state index < -0.39 is 12.1 Å². The standard InChI is InChI=1S/C22H23N3O3/c1-14-15(2)25-20-13-18(9-10-19(20)24-14)22(27)28-16(3)21(26)23-12-11-17-7-5-4-6-8-17/h4-10,13,16H,11-12H2,1-3H3,(H,23,26)/t16-/m0/s1. The van der Waals surface area contributed by atoms with Crippen LogP contribution in [0, 0.1) is 13.8 Å². The molecule has 3 aromatic rings. The SMILES string of the molecule is Cc1nc2ccc(C(=O)O[C@@H](C)C(=O)NCCc3ccccc3)cc2nc1C. The van der Waals surface area contributed by atoms with Gasteiger partial charge in [0.15, 0.2) is 6.10 Å². The van der Waals surface area contributed by atoms with Gasteiger partial charge >= 0.3 is 5.97 Å². The number of carbonyl (C=O) groups excluding carboxylic acids is 2. The molecule has 0 aliphatic carbocycles. The van der Waals surface area contributed by atoms with E-state index in [1.54, 1.807) is 25.1 Å². The summed E-state index contributed by atoms with van der Waals surface area (Å²) in [6.45, 7) is 5.80. The van der Waals surface area contributed by atoms with Gasteiger partial charge in [0.25, 0.3) is 5.91 Å². The number of esters is 1. The molecule has 0 saturated carbocycles. The summed E-state index contributed by atoms with van der Waals surface area (Å²) >= 11 is 0. The lowest BCUT2D eigenvalue weighted by atomic mass is 10.1. The van der Waals surface area contributed by atoms with Crippen molar-refractivity contribution in [2.45, 2.75) is 33.3 Å². The lowest BCUT2D eigenvalue weighted by Crippen LogP contribution is -2.36. The summed E-state index contributed by atoms with van der Waals surface area (Å²) in [5.41, 5.74) is 4.47. The van der Waals surface area contributed by atoms with Crippen LogP contribution in [0.2, 0.25) is 0 Å². The summed E-state index contributed by atoms with van der Waals surface area (Å²) in [7, 11) is 0. The Hall–Kier alpha value is -3.28. The van der Waals surface area contributed by atoms with Crippen LogP contribution in [0.1, 0.15) is 34.2 Å². The Morgan fingerprint density at radius 1 is 1.00 bits per heavy atom. The maximum Gasteiger partial charge on any atom is 0.338 e. The number of hydrogen-bond donors (Lipinski definition) is 1. The van der Waals surface area contributed by atoms with Crippen LogP contribution in [0.15, 0.2) is 48.5 Å². The Balaban J connectivity index is 1.58. The van der Waals surface area contributed by atoms with E-state index >= 15 is 0 Å². The van der Waals surface area contributed by atoms with Gasteiger partial charge in [0.1, 0.15) is 0 Å². The number of aromatic nitrogens is 2. The number of rotatable bonds is 6. The molecule has 1 amide bonds. The van der Waals surface area contributed by atoms with Crippen LogP contribution in [-0.4, -0.2) is 34.5 Å². The first-order valence-electron chi connectivity index (χ1n) is 9.21. The first-order valence-corrected chi connectivity index (χ1v) is 9.21. The molecule has 2 aromatic carbocycles. The fourth-order valence-electron chi connectivity index (χ4n) is 2.76. The first-order chi connectivity index (χ1) is 13.4. The summed E-state index contributed by atoms with van der Waals surface area (Å²) < 4.78 is 5.30. The fraction of sp³-hybridized carbons (Fsp3) is 0.273. The molecule has 0 radical (unpaired) electrons. The highest BCUT2D eigenvalue weighted by molar-refractivity contribution is 5.95. The van der Waals surface area contributed by atoms with Crippen molar-refractivity contribution >= 4 is 22.9 Å². The van der Waals surface area contributed by atoms with Gasteiger partial charge in [-0.3, -0.25) is 4.79 Å². The molecule has 3 rings (SSSR count). The summed E-state index contributed by atoms with van der Waals surface area (Å²) in [5.74, 6) is -0.885. The number of nitrogens with one attached hydrogen (secondary N) is 1. The molecule has 144 valence electrons. The third-order valence-corrected chi connectivity index (χ3v) is 4.52. The van der Waals surface area contributed by atoms with Gasteiger partial charge in [-0.1, -0.05) is 30.3 Å². The van der Waals surface area contributed by atoms with E-state index in [0.29, 0.717) is 23.1 Å². The van der Waals surface area contributed by atoms with Crippen LogP contribution in [-0.2, 0) is 16.0 Å². The van der Waals surface area contributed by atoms with Crippen molar-refractivity contribution < 1.29 is 14.3 Å². The second kappa shape index (κ2) is 8.61. The van der Waals surface area contributed by atoms with Crippen molar-refractivity contribution in [2.24, 2.45) is 0 Å². The third-order valence-electron chi connectivity index (χ3n) is 4.52. The molecule has 6 heteroatoms. The minimum atomic E-state index is -0.884. The topological polar surface area (TPSA) is 81.2 Å². The number of aryl methyl sites for hydroxylation is 2. The maximum atomic E-state index is 12.4. The van der Waals surface area contributed by atoms with E-state index in [1.807, 2.05) is 44.2 Å². The van der Waals surface area contributed by atoms with Crippen molar-refractivity contribution in [1.82, 2.24) is 15.3 Å². The second-order valence-electron chi connectivity index (χ2n) is 6.67. The normalized spacial score (nSPS) is 11.8. The molecule has 0 aliphatic rings. The molecule has 1 heterocycles. The molecule has 1 atom stereocenters. The molecular weight excluding hydrogens is 354 g/mol. The number of carbonyl (C=O) groups is 2. The average molecular weight is 377 g/mol. The van der Waals surface area contributed by atoms with Crippen molar-refractivity contribution in [3.63, 3.8) is 0 Å². The second-order valence-corrected chi connectivity index (χ2v) is 6.67. The number of amides is 1. The van der Waals surface area contributed by atoms with Crippen molar-refractivity contribution in [3.05, 3.63) is 71.0 Å². The van der Waals surface area contributed by atoms with Gasteiger partial charge in [0.05, 0.1) is 28.0 Å². The number of fused-ring (bicyclic) bond motifs is 1. The molecule has 0 saturated heterocycles. The summed E-state index contributed by atoms with van der Waals surface area (Å²) in [5, 5.41) is 2.79. The van der Waals surface area contributed by atoms with E-state index in [4.69, 9.17) is 4.74 Å². The Morgan fingerprint density at radius 3 is 2.39 bits per heavy atom. The molecule has 0 unspecified atom stereocenters. The lowest BCUT2D eigenvalue weighted by molar-refractivity contribution is -0.129. The monoisotopic (exact) mass is 377 g/mol. The highest BCUT2D eigenvalue weighted by atomic mass is 16.5. The van der Waals surface area contributed by atoms with E-state index in [2.05, 4.69) is 15.3 Å². The Morgan fingerprint density at radius 2 is 1.68 bits per heavy atom. The summed E-state index contributed by atoms with van der Waals surface area (Å²) in [4.78, 5) is 33.5. The molecule has 1 N–H and O–H groups in total. The van der Waals surface area contributed by atoms with Gasteiger partial charge in [-0.15, -0.1) is 0 Å². The van der Waals surface area contributed by atoms with Gasteiger partial charge in [-0.2, -0.15) is 0 Å². The van der Waals surface area contributed by atoms with Crippen LogP contribution in [0.3, 0.4) is 0 Å². The largest absolute Gasteiger partial charge is 0.449 e. The molecular formula is C22H23N3O3. The van der Waals surface area contributed by atoms with Crippen LogP contribution >= 0.6 is 0 Å². The predicted molar refractivity (Wildman–Crippen MR) is 107 cm³/mol. The van der Waals surface area contributed by atoms with Crippen molar-refractivity contribution in [1.29, 1.82) is 0 Å². The first kappa shape index (κ1) is 19.5. The zero-order chi connectivity index (χ0) is 20.1. The highest BCUT2D eigenvalue weighted by Gasteiger charge is 2.19. The zero-order valence-electron chi connectivity index (χ0n) is 16.2. The van der Waals surface area contributed by atoms with Crippen LogP contribution in [0.4, 0.5) is 0 Å². The molecule has 0 fully saturated rings. The average Bonchev–Trinajstić information content (AvgIpc) is 2.69. The molecule has 0 spiro atoms. The minimum Gasteiger partial charge on any atom is -0.449 e. The van der Waals surface area contributed by atoms with Crippen molar-refractivity contribution in [3.8, 4) is 0 Å². The van der Waals surface area contributed by atoms with Gasteiger partial charge in [-0.25, -0.2) is 14.8 Å². The Bertz CT molecular complexity index is 1000. The van der Waals surface area contributed by atoms with Crippen LogP contribution in [0.25, 0.3) is 11.0 Å². The van der Waals surface area contributed by atoms with Gasteiger partial charge in [-0.05, 0) is 51.0 Å². The fourth-order valence-corrected chi connectivity index (χ4v) is 2.76. The quantitative estimate of drug-likeness (QED) is 0.668. The number of hydrogen-bond acceptors (Lipinski definition) is 5. The van der Waals surface area contributed by atoms with Crippen LogP contribution in [0.5, 0.6) is 0 Å². The highest BCUT2D eigenvalue weighted by Crippen LogP contribution is 2.15. The van der Waals surface area contributed by atoms with E-state index in [9.17, 15) is 9.59 Å². The minimum absolute atomic E-state index is 0.323. The molecule has 0 aliphatic heterocycles. The zero-order valence-corrected chi connectivity index (χ0v) is 16.2. The van der Waals surface area contributed by atoms with Crippen molar-refractivity contribution in [2.75, 3.05) is 6.54 Å².